The van der Waals surface area contributed by atoms with Crippen molar-refractivity contribution in [2.45, 2.75) is 45.1 Å². The van der Waals surface area contributed by atoms with Gasteiger partial charge in [-0.25, -0.2) is 0 Å². The summed E-state index contributed by atoms with van der Waals surface area (Å²) in [5.41, 5.74) is 0. The maximum Gasteiger partial charge on any atom is 0.215 e. The summed E-state index contributed by atoms with van der Waals surface area (Å²) in [6, 6.07) is 0. The molecule has 4 nitrogen and oxygen atoms in total. The van der Waals surface area contributed by atoms with Gasteiger partial charge in [0.1, 0.15) is 0 Å². The van der Waals surface area contributed by atoms with Crippen LogP contribution in [0.5, 0.6) is 0 Å². The zero-order valence-corrected chi connectivity index (χ0v) is 6.94. The molecule has 1 heterocycles. The van der Waals surface area contributed by atoms with Crippen molar-refractivity contribution < 1.29 is 19.7 Å². The molecule has 0 aliphatic carbocycles. The lowest BCUT2D eigenvalue weighted by molar-refractivity contribution is -0.385. The predicted octanol–water partition coefficient (Wildman–Crippen LogP) is -0.163. The van der Waals surface area contributed by atoms with Crippen molar-refractivity contribution in [3.63, 3.8) is 0 Å². The summed E-state index contributed by atoms with van der Waals surface area (Å²) in [4.78, 5) is 0. The third-order valence-electron chi connectivity index (χ3n) is 1.89. The normalized spacial score (nSPS) is 52.6. The van der Waals surface area contributed by atoms with Crippen LogP contribution in [0.2, 0.25) is 0 Å². The van der Waals surface area contributed by atoms with E-state index in [1.807, 2.05) is 0 Å². The minimum absolute atomic E-state index is 0.190. The highest BCUT2D eigenvalue weighted by atomic mass is 16.7. The molecule has 1 fully saturated rings. The van der Waals surface area contributed by atoms with E-state index in [-0.39, 0.29) is 12.2 Å². The third kappa shape index (κ3) is 1.70. The zero-order chi connectivity index (χ0) is 8.65. The molecule has 66 valence electrons. The van der Waals surface area contributed by atoms with Gasteiger partial charge in [0.15, 0.2) is 0 Å². The van der Waals surface area contributed by atoms with Crippen molar-refractivity contribution in [1.82, 2.24) is 0 Å². The van der Waals surface area contributed by atoms with Gasteiger partial charge in [0.05, 0.1) is 12.2 Å². The Kier molecular flexibility index (Phi) is 2.20. The first-order valence-corrected chi connectivity index (χ1v) is 3.67. The van der Waals surface area contributed by atoms with E-state index in [0.717, 1.165) is 0 Å². The van der Waals surface area contributed by atoms with Gasteiger partial charge in [-0.1, -0.05) is 0 Å². The fraction of sp³-hybridized carbons (Fsp3) is 1.00. The highest BCUT2D eigenvalue weighted by molar-refractivity contribution is 4.76. The van der Waals surface area contributed by atoms with Crippen LogP contribution in [0.25, 0.3) is 0 Å². The molecule has 0 aromatic heterocycles. The van der Waals surface area contributed by atoms with Crippen LogP contribution in [0.1, 0.15) is 20.8 Å². The monoisotopic (exact) mass is 162 g/mol. The SMILES string of the molecule is CC1OC(O)C(C)(O)OC1C. The molecule has 0 aromatic carbocycles. The second-order valence-corrected chi connectivity index (χ2v) is 3.07. The lowest BCUT2D eigenvalue weighted by atomic mass is 10.2. The second kappa shape index (κ2) is 2.71. The molecule has 1 rings (SSSR count). The summed E-state index contributed by atoms with van der Waals surface area (Å²) >= 11 is 0. The maximum absolute atomic E-state index is 9.33. The van der Waals surface area contributed by atoms with Gasteiger partial charge in [0.25, 0.3) is 0 Å². The lowest BCUT2D eigenvalue weighted by Crippen LogP contribution is -2.54. The molecule has 1 saturated heterocycles. The van der Waals surface area contributed by atoms with Crippen molar-refractivity contribution >= 4 is 0 Å². The Morgan fingerprint density at radius 1 is 1.27 bits per heavy atom. The molecule has 4 atom stereocenters. The summed E-state index contributed by atoms with van der Waals surface area (Å²) < 4.78 is 10.1. The minimum Gasteiger partial charge on any atom is -0.364 e. The van der Waals surface area contributed by atoms with Gasteiger partial charge < -0.3 is 19.7 Å². The molecule has 1 aliphatic rings. The van der Waals surface area contributed by atoms with Gasteiger partial charge in [0.2, 0.25) is 12.1 Å². The van der Waals surface area contributed by atoms with Crippen LogP contribution in [0.3, 0.4) is 0 Å². The number of hydrogen-bond acceptors (Lipinski definition) is 4. The first kappa shape index (κ1) is 8.93. The Balaban J connectivity index is 2.63. The Morgan fingerprint density at radius 2 is 1.82 bits per heavy atom. The van der Waals surface area contributed by atoms with Gasteiger partial charge in [0, 0.05) is 0 Å². The fourth-order valence-corrected chi connectivity index (χ4v) is 0.971. The highest BCUT2D eigenvalue weighted by Crippen LogP contribution is 2.25. The van der Waals surface area contributed by atoms with E-state index in [4.69, 9.17) is 14.6 Å². The van der Waals surface area contributed by atoms with Crippen LogP contribution in [-0.4, -0.2) is 34.5 Å². The van der Waals surface area contributed by atoms with Crippen LogP contribution in [0, 0.1) is 0 Å². The van der Waals surface area contributed by atoms with Gasteiger partial charge in [-0.2, -0.15) is 0 Å². The molecule has 0 amide bonds. The number of ether oxygens (including phenoxy) is 2. The Morgan fingerprint density at radius 3 is 2.27 bits per heavy atom. The molecule has 4 heteroatoms. The Labute approximate surface area is 65.7 Å². The lowest BCUT2D eigenvalue weighted by Gasteiger charge is -2.40. The number of rotatable bonds is 0. The van der Waals surface area contributed by atoms with Crippen LogP contribution < -0.4 is 0 Å². The summed E-state index contributed by atoms with van der Waals surface area (Å²) in [7, 11) is 0. The molecule has 0 saturated carbocycles. The van der Waals surface area contributed by atoms with Gasteiger partial charge >= 0.3 is 0 Å². The summed E-state index contributed by atoms with van der Waals surface area (Å²) in [6.45, 7) is 4.94. The molecule has 0 bridgehead atoms. The van der Waals surface area contributed by atoms with E-state index >= 15 is 0 Å². The van der Waals surface area contributed by atoms with E-state index in [2.05, 4.69) is 0 Å². The zero-order valence-electron chi connectivity index (χ0n) is 6.94. The first-order chi connectivity index (χ1) is 4.93. The summed E-state index contributed by atoms with van der Waals surface area (Å²) in [5.74, 6) is -1.58. The standard InChI is InChI=1S/C7H14O4/c1-4-5(2)11-7(3,9)6(8)10-4/h4-6,8-9H,1-3H3. The maximum atomic E-state index is 9.33. The van der Waals surface area contributed by atoms with E-state index in [1.54, 1.807) is 13.8 Å². The number of hydrogen-bond donors (Lipinski definition) is 2. The van der Waals surface area contributed by atoms with Crippen molar-refractivity contribution in [3.05, 3.63) is 0 Å². The van der Waals surface area contributed by atoms with Gasteiger partial charge in [-0.3, -0.25) is 0 Å². The van der Waals surface area contributed by atoms with Gasteiger partial charge in [-0.15, -0.1) is 0 Å². The van der Waals surface area contributed by atoms with E-state index in [1.165, 1.54) is 6.92 Å². The highest BCUT2D eigenvalue weighted by Gasteiger charge is 2.41. The topological polar surface area (TPSA) is 58.9 Å². The second-order valence-electron chi connectivity index (χ2n) is 3.07. The Hall–Kier alpha value is -0.160. The molecule has 4 unspecified atom stereocenters. The molecule has 0 radical (unpaired) electrons. The molecule has 2 N–H and O–H groups in total. The molecular weight excluding hydrogens is 148 g/mol. The van der Waals surface area contributed by atoms with Gasteiger partial charge in [-0.05, 0) is 20.8 Å². The average Bonchev–Trinajstić information content (AvgIpc) is 1.83. The molecule has 0 spiro atoms. The molecule has 1 aliphatic heterocycles. The third-order valence-corrected chi connectivity index (χ3v) is 1.89. The minimum atomic E-state index is -1.58. The number of aliphatic hydroxyl groups is 2. The smallest absolute Gasteiger partial charge is 0.215 e. The van der Waals surface area contributed by atoms with Crippen molar-refractivity contribution in [1.29, 1.82) is 0 Å². The van der Waals surface area contributed by atoms with E-state index in [0.29, 0.717) is 0 Å². The first-order valence-electron chi connectivity index (χ1n) is 3.67. The van der Waals surface area contributed by atoms with Crippen LogP contribution in [-0.2, 0) is 9.47 Å². The fourth-order valence-electron chi connectivity index (χ4n) is 0.971. The van der Waals surface area contributed by atoms with E-state index < -0.39 is 12.1 Å². The molecule has 0 aromatic rings. The molecule has 11 heavy (non-hydrogen) atoms. The quantitative estimate of drug-likeness (QED) is 0.519. The Bertz CT molecular complexity index is 145. The van der Waals surface area contributed by atoms with Crippen LogP contribution in [0.4, 0.5) is 0 Å². The van der Waals surface area contributed by atoms with Crippen molar-refractivity contribution in [2.24, 2.45) is 0 Å². The number of aliphatic hydroxyl groups excluding tert-OH is 1. The largest absolute Gasteiger partial charge is 0.364 e. The summed E-state index contributed by atoms with van der Waals surface area (Å²) in [5, 5.41) is 18.5. The average molecular weight is 162 g/mol. The van der Waals surface area contributed by atoms with Crippen LogP contribution in [0.15, 0.2) is 0 Å². The predicted molar refractivity (Wildman–Crippen MR) is 37.7 cm³/mol. The van der Waals surface area contributed by atoms with Crippen molar-refractivity contribution in [2.75, 3.05) is 0 Å². The van der Waals surface area contributed by atoms with E-state index in [9.17, 15) is 5.11 Å². The van der Waals surface area contributed by atoms with Crippen molar-refractivity contribution in [3.8, 4) is 0 Å². The van der Waals surface area contributed by atoms with Crippen LogP contribution >= 0.6 is 0 Å². The molecular formula is C7H14O4. The summed E-state index contributed by atoms with van der Waals surface area (Å²) in [6.07, 6.45) is -1.65.